The third-order valence-electron chi connectivity index (χ3n) is 7.26. The molecule has 0 radical (unpaired) electrons. The maximum atomic E-state index is 6.26. The van der Waals surface area contributed by atoms with E-state index in [1.165, 1.54) is 25.7 Å². The second kappa shape index (κ2) is 9.86. The van der Waals surface area contributed by atoms with Crippen LogP contribution in [0.1, 0.15) is 64.2 Å². The van der Waals surface area contributed by atoms with Crippen molar-refractivity contribution in [3.8, 4) is 0 Å². The maximum Gasteiger partial charge on any atom is 0.399 e. The van der Waals surface area contributed by atoms with Crippen LogP contribution in [0.2, 0.25) is 6.04 Å². The van der Waals surface area contributed by atoms with Crippen molar-refractivity contribution in [2.75, 3.05) is 41.7 Å². The predicted octanol–water partition coefficient (Wildman–Crippen LogP) is 3.95. The lowest BCUT2D eigenvalue weighted by molar-refractivity contribution is -0.257. The van der Waals surface area contributed by atoms with Crippen LogP contribution in [0.3, 0.4) is 0 Å². The van der Waals surface area contributed by atoms with Gasteiger partial charge < -0.3 is 27.8 Å². The van der Waals surface area contributed by atoms with Gasteiger partial charge in [0.05, 0.1) is 25.4 Å². The fraction of sp³-hybridized carbons (Fsp3) is 1.00. The van der Waals surface area contributed by atoms with Crippen LogP contribution in [0.4, 0.5) is 0 Å². The van der Waals surface area contributed by atoms with Crippen LogP contribution < -0.4 is 0 Å². The van der Waals surface area contributed by atoms with E-state index in [2.05, 4.69) is 0 Å². The van der Waals surface area contributed by atoms with E-state index in [1.807, 2.05) is 0 Å². The van der Waals surface area contributed by atoms with Crippen LogP contribution >= 0.6 is 0 Å². The molecule has 7 heteroatoms. The molecule has 0 bridgehead atoms. The molecular weight excluding hydrogens is 376 g/mol. The van der Waals surface area contributed by atoms with Crippen LogP contribution in [0.25, 0.3) is 0 Å². The van der Waals surface area contributed by atoms with Gasteiger partial charge >= 0.3 is 8.56 Å². The number of ether oxygens (including phenoxy) is 4. The Morgan fingerprint density at radius 1 is 0.821 bits per heavy atom. The third-order valence-corrected chi connectivity index (χ3v) is 11.5. The minimum atomic E-state index is -2.68. The molecule has 0 spiro atoms. The van der Waals surface area contributed by atoms with Crippen LogP contribution in [-0.2, 0) is 27.8 Å². The Morgan fingerprint density at radius 2 is 1.32 bits per heavy atom. The average molecular weight is 417 g/mol. The summed E-state index contributed by atoms with van der Waals surface area (Å²) in [5.41, 5.74) is -0.838. The normalized spacial score (nSPS) is 33.0. The van der Waals surface area contributed by atoms with Crippen molar-refractivity contribution in [2.45, 2.75) is 87.9 Å². The molecule has 6 nitrogen and oxygen atoms in total. The van der Waals surface area contributed by atoms with Crippen molar-refractivity contribution in [3.63, 3.8) is 0 Å². The van der Waals surface area contributed by atoms with E-state index < -0.39 is 14.0 Å². The zero-order valence-electron chi connectivity index (χ0n) is 18.3. The fourth-order valence-corrected chi connectivity index (χ4v) is 9.51. The molecule has 164 valence electrons. The molecule has 3 rings (SSSR count). The summed E-state index contributed by atoms with van der Waals surface area (Å²) in [6.45, 7) is 1.88. The molecule has 2 unspecified atom stereocenters. The molecule has 0 saturated carbocycles. The maximum absolute atomic E-state index is 6.26. The number of epoxide rings is 2. The number of unbranched alkanes of at least 4 members (excludes halogenated alkanes) is 2. The zero-order valence-corrected chi connectivity index (χ0v) is 19.3. The summed E-state index contributed by atoms with van der Waals surface area (Å²) >= 11 is 0. The molecule has 3 aliphatic rings. The van der Waals surface area contributed by atoms with Gasteiger partial charge in [-0.3, -0.25) is 0 Å². The Bertz CT molecular complexity index is 452. The van der Waals surface area contributed by atoms with Gasteiger partial charge in [-0.2, -0.15) is 0 Å². The van der Waals surface area contributed by atoms with Gasteiger partial charge in [-0.1, -0.05) is 32.1 Å². The minimum Gasteiger partial charge on any atom is -0.395 e. The summed E-state index contributed by atoms with van der Waals surface area (Å²) in [4.78, 5) is 0. The van der Waals surface area contributed by atoms with Gasteiger partial charge in [0.15, 0.2) is 0 Å². The molecule has 3 fully saturated rings. The Hall–Kier alpha value is -0.0231. The quantitative estimate of drug-likeness (QED) is 0.185. The second-order valence-electron chi connectivity index (χ2n) is 8.72. The molecule has 28 heavy (non-hydrogen) atoms. The first kappa shape index (κ1) is 22.7. The molecule has 0 amide bonds. The summed E-state index contributed by atoms with van der Waals surface area (Å²) in [5, 5.41) is 0. The molecule has 3 heterocycles. The topological polar surface area (TPSA) is 62.0 Å². The highest BCUT2D eigenvalue weighted by Gasteiger charge is 2.70. The first-order valence-electron chi connectivity index (χ1n) is 11.0. The average Bonchev–Trinajstić information content (AvgIpc) is 3.63. The van der Waals surface area contributed by atoms with Gasteiger partial charge in [0, 0.05) is 33.9 Å². The molecule has 3 aliphatic heterocycles. The lowest BCUT2D eigenvalue weighted by Gasteiger charge is -2.58. The van der Waals surface area contributed by atoms with Crippen molar-refractivity contribution in [1.82, 2.24) is 0 Å². The summed E-state index contributed by atoms with van der Waals surface area (Å²) < 4.78 is 35.5. The molecule has 2 atom stereocenters. The van der Waals surface area contributed by atoms with Crippen LogP contribution in [0.15, 0.2) is 0 Å². The molecule has 0 N–H and O–H groups in total. The van der Waals surface area contributed by atoms with E-state index in [4.69, 9.17) is 27.8 Å². The zero-order chi connectivity index (χ0) is 20.1. The Labute approximate surface area is 171 Å². The van der Waals surface area contributed by atoms with E-state index >= 15 is 0 Å². The summed E-state index contributed by atoms with van der Waals surface area (Å²) in [7, 11) is 4.42. The lowest BCUT2D eigenvalue weighted by atomic mass is 9.72. The first-order valence-corrected chi connectivity index (χ1v) is 13.1. The SMILES string of the molecule is COC1(OC)C(CCCCC2CO2)(CCCCC2CO2)CCC[Si]1(OC)OC. The van der Waals surface area contributed by atoms with Crippen molar-refractivity contribution in [3.05, 3.63) is 0 Å². The Morgan fingerprint density at radius 3 is 1.71 bits per heavy atom. The standard InChI is InChI=1S/C21H40O6Si/c1-22-21(23-2)20(12-7-5-10-18-16-26-18,13-8-6-11-19-17-27-19)14-9-15-28(21,24-3)25-4/h18-19H,5-17H2,1-4H3. The molecule has 0 aromatic rings. The highest BCUT2D eigenvalue weighted by molar-refractivity contribution is 6.70. The smallest absolute Gasteiger partial charge is 0.395 e. The van der Waals surface area contributed by atoms with Gasteiger partial charge in [-0.25, -0.2) is 0 Å². The number of hydrogen-bond acceptors (Lipinski definition) is 6. The van der Waals surface area contributed by atoms with E-state index in [0.717, 1.165) is 57.8 Å². The van der Waals surface area contributed by atoms with Crippen molar-refractivity contribution >= 4 is 8.56 Å². The van der Waals surface area contributed by atoms with Gasteiger partial charge in [0.25, 0.3) is 0 Å². The first-order chi connectivity index (χ1) is 13.6. The van der Waals surface area contributed by atoms with E-state index in [1.54, 1.807) is 28.4 Å². The third kappa shape index (κ3) is 4.51. The molecular formula is C21H40O6Si. The monoisotopic (exact) mass is 416 g/mol. The molecule has 3 saturated heterocycles. The fourth-order valence-electron chi connectivity index (χ4n) is 5.62. The Balaban J connectivity index is 1.76. The van der Waals surface area contributed by atoms with Gasteiger partial charge in [0.2, 0.25) is 5.41 Å². The van der Waals surface area contributed by atoms with Gasteiger partial charge in [-0.15, -0.1) is 0 Å². The van der Waals surface area contributed by atoms with E-state index in [9.17, 15) is 0 Å². The highest BCUT2D eigenvalue weighted by atomic mass is 28.4. The number of methoxy groups -OCH3 is 2. The van der Waals surface area contributed by atoms with Crippen molar-refractivity contribution in [1.29, 1.82) is 0 Å². The van der Waals surface area contributed by atoms with Crippen LogP contribution in [0, 0.1) is 5.41 Å². The van der Waals surface area contributed by atoms with Crippen LogP contribution in [0.5, 0.6) is 0 Å². The highest BCUT2D eigenvalue weighted by Crippen LogP contribution is 2.57. The predicted molar refractivity (Wildman–Crippen MR) is 109 cm³/mol. The molecule has 0 aromatic carbocycles. The summed E-state index contributed by atoms with van der Waals surface area (Å²) in [6, 6.07) is 0.912. The summed E-state index contributed by atoms with van der Waals surface area (Å²) in [5.74, 6) is 0. The van der Waals surface area contributed by atoms with Gasteiger partial charge in [0.1, 0.15) is 0 Å². The lowest BCUT2D eigenvalue weighted by Crippen LogP contribution is -2.73. The molecule has 0 aliphatic carbocycles. The van der Waals surface area contributed by atoms with Crippen molar-refractivity contribution in [2.24, 2.45) is 5.41 Å². The number of rotatable bonds is 14. The minimum absolute atomic E-state index is 0.0677. The Kier molecular flexibility index (Phi) is 7.98. The van der Waals surface area contributed by atoms with E-state index in [-0.39, 0.29) is 5.41 Å². The summed E-state index contributed by atoms with van der Waals surface area (Å²) in [6.07, 6.45) is 12.4. The molecule has 0 aromatic heterocycles. The largest absolute Gasteiger partial charge is 0.399 e. The number of hydrogen-bond donors (Lipinski definition) is 0. The second-order valence-corrected chi connectivity index (χ2v) is 12.2. The van der Waals surface area contributed by atoms with Gasteiger partial charge in [-0.05, 0) is 38.1 Å². The van der Waals surface area contributed by atoms with E-state index in [0.29, 0.717) is 12.2 Å². The van der Waals surface area contributed by atoms with Crippen molar-refractivity contribution < 1.29 is 27.8 Å². The van der Waals surface area contributed by atoms with Crippen LogP contribution in [-0.4, -0.2) is 67.8 Å².